The van der Waals surface area contributed by atoms with E-state index in [9.17, 15) is 0 Å². The van der Waals surface area contributed by atoms with Crippen molar-refractivity contribution in [2.24, 2.45) is 0 Å². The van der Waals surface area contributed by atoms with Gasteiger partial charge in [0.15, 0.2) is 12.4 Å². The van der Waals surface area contributed by atoms with Crippen molar-refractivity contribution in [3.8, 4) is 17.1 Å². The molecule has 0 radical (unpaired) electrons. The monoisotopic (exact) mass is 391 g/mol. The van der Waals surface area contributed by atoms with Gasteiger partial charge in [-0.2, -0.15) is 0 Å². The number of benzene rings is 1. The zero-order chi connectivity index (χ0) is 17.4. The number of rotatable bonds is 4. The van der Waals surface area contributed by atoms with Gasteiger partial charge in [-0.1, -0.05) is 28.4 Å². The summed E-state index contributed by atoms with van der Waals surface area (Å²) in [6.07, 6.45) is 1.49. The Morgan fingerprint density at radius 2 is 2.08 bits per heavy atom. The van der Waals surface area contributed by atoms with Crippen LogP contribution in [0.25, 0.3) is 21.5 Å². The third kappa shape index (κ3) is 3.20. The molecule has 0 spiro atoms. The molecule has 3 aromatic heterocycles. The molecule has 1 aromatic carbocycles. The molecule has 0 aliphatic rings. The number of hydrogen-bond acceptors (Lipinski definition) is 6. The fourth-order valence-corrected chi connectivity index (χ4v) is 3.82. The van der Waals surface area contributed by atoms with E-state index >= 15 is 0 Å². The van der Waals surface area contributed by atoms with Gasteiger partial charge in [0.1, 0.15) is 16.9 Å². The van der Waals surface area contributed by atoms with Crippen LogP contribution in [0, 0.1) is 6.92 Å². The summed E-state index contributed by atoms with van der Waals surface area (Å²) < 4.78 is 11.2. The first-order valence-electron chi connectivity index (χ1n) is 7.34. The maximum Gasteiger partial charge on any atom is 0.226 e. The minimum Gasteiger partial charge on any atom is -0.469 e. The summed E-state index contributed by atoms with van der Waals surface area (Å²) in [5.74, 6) is 1.10. The first kappa shape index (κ1) is 16.3. The number of thiophene rings is 1. The van der Waals surface area contributed by atoms with E-state index in [-0.39, 0.29) is 6.61 Å². The van der Waals surface area contributed by atoms with Gasteiger partial charge in [-0.05, 0) is 36.1 Å². The van der Waals surface area contributed by atoms with Crippen molar-refractivity contribution in [2.75, 3.05) is 0 Å². The SMILES string of the molecule is Cc1csc2ncnc(OCc3cc(-c4ccc(Cl)cc4Cl)no3)c12. The second kappa shape index (κ2) is 6.63. The molecule has 0 atom stereocenters. The molecular formula is C17H11Cl2N3O2S. The van der Waals surface area contributed by atoms with Crippen LogP contribution in [-0.4, -0.2) is 15.1 Å². The highest BCUT2D eigenvalue weighted by Crippen LogP contribution is 2.32. The number of ether oxygens (including phenoxy) is 1. The average molecular weight is 392 g/mol. The first-order chi connectivity index (χ1) is 12.1. The second-order valence-electron chi connectivity index (χ2n) is 5.37. The molecule has 0 saturated carbocycles. The molecule has 8 heteroatoms. The molecule has 0 bridgehead atoms. The minimum atomic E-state index is 0.208. The van der Waals surface area contributed by atoms with Crippen molar-refractivity contribution < 1.29 is 9.26 Å². The molecular weight excluding hydrogens is 381 g/mol. The third-order valence-electron chi connectivity index (χ3n) is 3.64. The largest absolute Gasteiger partial charge is 0.469 e. The maximum atomic E-state index is 6.20. The average Bonchev–Trinajstić information content (AvgIpc) is 3.21. The van der Waals surface area contributed by atoms with Crippen LogP contribution in [0.4, 0.5) is 0 Å². The van der Waals surface area contributed by atoms with E-state index in [0.29, 0.717) is 27.4 Å². The van der Waals surface area contributed by atoms with Crippen LogP contribution >= 0.6 is 34.5 Å². The molecule has 25 heavy (non-hydrogen) atoms. The Morgan fingerprint density at radius 1 is 1.20 bits per heavy atom. The van der Waals surface area contributed by atoms with E-state index in [0.717, 1.165) is 21.3 Å². The predicted octanol–water partition coefficient (Wildman–Crippen LogP) is 5.54. The number of aryl methyl sites for hydroxylation is 1. The van der Waals surface area contributed by atoms with Crippen LogP contribution in [-0.2, 0) is 6.61 Å². The minimum absolute atomic E-state index is 0.208. The molecule has 126 valence electrons. The van der Waals surface area contributed by atoms with Crippen LogP contribution in [0.1, 0.15) is 11.3 Å². The lowest BCUT2D eigenvalue weighted by Crippen LogP contribution is -1.97. The number of fused-ring (bicyclic) bond motifs is 1. The highest BCUT2D eigenvalue weighted by atomic mass is 35.5. The molecule has 0 saturated heterocycles. The van der Waals surface area contributed by atoms with Gasteiger partial charge < -0.3 is 9.26 Å². The van der Waals surface area contributed by atoms with Crippen LogP contribution in [0.5, 0.6) is 5.88 Å². The molecule has 0 aliphatic carbocycles. The summed E-state index contributed by atoms with van der Waals surface area (Å²) in [5.41, 5.74) is 2.46. The second-order valence-corrected chi connectivity index (χ2v) is 7.07. The van der Waals surface area contributed by atoms with E-state index in [1.54, 1.807) is 35.6 Å². The van der Waals surface area contributed by atoms with Crippen molar-refractivity contribution >= 4 is 44.8 Å². The Bertz CT molecular complexity index is 1060. The zero-order valence-corrected chi connectivity index (χ0v) is 15.3. The van der Waals surface area contributed by atoms with Gasteiger partial charge in [-0.3, -0.25) is 0 Å². The molecule has 0 fully saturated rings. The molecule has 0 aliphatic heterocycles. The fraction of sp³-hybridized carbons (Fsp3) is 0.118. The van der Waals surface area contributed by atoms with E-state index < -0.39 is 0 Å². The molecule has 3 heterocycles. The predicted molar refractivity (Wildman–Crippen MR) is 98.4 cm³/mol. The summed E-state index contributed by atoms with van der Waals surface area (Å²) in [5, 5.41) is 8.08. The highest BCUT2D eigenvalue weighted by Gasteiger charge is 2.13. The van der Waals surface area contributed by atoms with Crippen molar-refractivity contribution in [1.82, 2.24) is 15.1 Å². The number of hydrogen-bond donors (Lipinski definition) is 0. The van der Waals surface area contributed by atoms with Gasteiger partial charge in [-0.25, -0.2) is 9.97 Å². The summed E-state index contributed by atoms with van der Waals surface area (Å²) >= 11 is 13.7. The summed E-state index contributed by atoms with van der Waals surface area (Å²) in [6.45, 7) is 2.21. The van der Waals surface area contributed by atoms with Crippen LogP contribution in [0.3, 0.4) is 0 Å². The van der Waals surface area contributed by atoms with E-state index in [1.807, 2.05) is 12.3 Å². The Balaban J connectivity index is 1.56. The summed E-state index contributed by atoms with van der Waals surface area (Å²) in [7, 11) is 0. The fourth-order valence-electron chi connectivity index (χ4n) is 2.44. The summed E-state index contributed by atoms with van der Waals surface area (Å²) in [6, 6.07) is 7.01. The van der Waals surface area contributed by atoms with Gasteiger partial charge in [0, 0.05) is 16.7 Å². The Morgan fingerprint density at radius 3 is 2.92 bits per heavy atom. The van der Waals surface area contributed by atoms with Gasteiger partial charge in [-0.15, -0.1) is 11.3 Å². The molecule has 0 N–H and O–H groups in total. The van der Waals surface area contributed by atoms with Gasteiger partial charge in [0.2, 0.25) is 5.88 Å². The summed E-state index contributed by atoms with van der Waals surface area (Å²) in [4.78, 5) is 9.36. The van der Waals surface area contributed by atoms with Crippen LogP contribution in [0.15, 0.2) is 40.5 Å². The Kier molecular flexibility index (Phi) is 4.33. The Labute approximate surface area is 157 Å². The van der Waals surface area contributed by atoms with Gasteiger partial charge in [0.25, 0.3) is 0 Å². The molecule has 5 nitrogen and oxygen atoms in total. The van der Waals surface area contributed by atoms with Crippen LogP contribution in [0.2, 0.25) is 10.0 Å². The van der Waals surface area contributed by atoms with Crippen molar-refractivity contribution in [1.29, 1.82) is 0 Å². The van der Waals surface area contributed by atoms with Gasteiger partial charge in [0.05, 0.1) is 10.4 Å². The number of halogens is 2. The van der Waals surface area contributed by atoms with Crippen molar-refractivity contribution in [2.45, 2.75) is 13.5 Å². The Hall–Kier alpha value is -2.15. The van der Waals surface area contributed by atoms with E-state index in [1.165, 1.54) is 6.33 Å². The molecule has 0 amide bonds. The lowest BCUT2D eigenvalue weighted by Gasteiger charge is -2.04. The number of nitrogens with zero attached hydrogens (tertiary/aromatic N) is 3. The van der Waals surface area contributed by atoms with Gasteiger partial charge >= 0.3 is 0 Å². The zero-order valence-electron chi connectivity index (χ0n) is 13.0. The molecule has 0 unspecified atom stereocenters. The van der Waals surface area contributed by atoms with Crippen LogP contribution < -0.4 is 4.74 Å². The number of aromatic nitrogens is 3. The maximum absolute atomic E-state index is 6.20. The lowest BCUT2D eigenvalue weighted by atomic mass is 10.1. The molecule has 4 rings (SSSR count). The molecule has 4 aromatic rings. The highest BCUT2D eigenvalue weighted by molar-refractivity contribution is 7.17. The smallest absolute Gasteiger partial charge is 0.226 e. The standard InChI is InChI=1S/C17H11Cl2N3O2S/c1-9-7-25-17-15(9)16(20-8-21-17)23-6-11-5-14(22-24-11)12-3-2-10(18)4-13(12)19/h2-5,7-8H,6H2,1H3. The van der Waals surface area contributed by atoms with E-state index in [2.05, 4.69) is 15.1 Å². The topological polar surface area (TPSA) is 61.0 Å². The lowest BCUT2D eigenvalue weighted by molar-refractivity contribution is 0.244. The third-order valence-corrected chi connectivity index (χ3v) is 5.19. The quantitative estimate of drug-likeness (QED) is 0.456. The van der Waals surface area contributed by atoms with Crippen molar-refractivity contribution in [3.63, 3.8) is 0 Å². The van der Waals surface area contributed by atoms with Crippen molar-refractivity contribution in [3.05, 3.63) is 57.3 Å². The first-order valence-corrected chi connectivity index (χ1v) is 8.98. The van der Waals surface area contributed by atoms with E-state index in [4.69, 9.17) is 32.5 Å². The normalized spacial score (nSPS) is 11.2.